The van der Waals surface area contributed by atoms with Crippen LogP contribution >= 0.6 is 0 Å². The van der Waals surface area contributed by atoms with Gasteiger partial charge in [0.15, 0.2) is 0 Å². The Morgan fingerprint density at radius 2 is 2.29 bits per heavy atom. The molecule has 0 radical (unpaired) electrons. The minimum Gasteiger partial charge on any atom is -0.393 e. The van der Waals surface area contributed by atoms with Gasteiger partial charge in [-0.05, 0) is 25.5 Å². The Kier molecular flexibility index (Phi) is 3.71. The number of rotatable bonds is 4. The molecular weight excluding hydrogens is 178 g/mol. The number of anilines is 2. The Morgan fingerprint density at radius 1 is 1.57 bits per heavy atom. The van der Waals surface area contributed by atoms with Gasteiger partial charge < -0.3 is 15.7 Å². The lowest BCUT2D eigenvalue weighted by atomic mass is 10.3. The van der Waals surface area contributed by atoms with E-state index in [0.29, 0.717) is 5.82 Å². The number of aliphatic hydroxyl groups excluding tert-OH is 1. The summed E-state index contributed by atoms with van der Waals surface area (Å²) in [6, 6.07) is 5.53. The fourth-order valence-electron chi connectivity index (χ4n) is 1.15. The van der Waals surface area contributed by atoms with Crippen molar-refractivity contribution in [2.45, 2.75) is 19.4 Å². The predicted molar refractivity (Wildman–Crippen MR) is 58.2 cm³/mol. The molecule has 0 spiro atoms. The highest BCUT2D eigenvalue weighted by molar-refractivity contribution is 5.43. The Hall–Kier alpha value is -1.29. The Balaban J connectivity index is 2.56. The van der Waals surface area contributed by atoms with Crippen molar-refractivity contribution >= 4 is 11.6 Å². The molecule has 14 heavy (non-hydrogen) atoms. The van der Waals surface area contributed by atoms with Gasteiger partial charge in [0.1, 0.15) is 11.6 Å². The molecule has 1 unspecified atom stereocenters. The van der Waals surface area contributed by atoms with Gasteiger partial charge in [0.25, 0.3) is 0 Å². The lowest BCUT2D eigenvalue weighted by Crippen LogP contribution is -2.22. The second-order valence-corrected chi connectivity index (χ2v) is 3.48. The van der Waals surface area contributed by atoms with Crippen LogP contribution in [0.2, 0.25) is 0 Å². The topological polar surface area (TPSA) is 62.4 Å². The summed E-state index contributed by atoms with van der Waals surface area (Å²) in [5.41, 5.74) is 5.57. The van der Waals surface area contributed by atoms with Gasteiger partial charge in [0.05, 0.1) is 6.10 Å². The number of nitrogens with two attached hydrogens (primary N) is 1. The summed E-state index contributed by atoms with van der Waals surface area (Å²) in [5.74, 6) is 1.36. The Bertz CT molecular complexity index is 288. The number of nitrogens with zero attached hydrogens (tertiary/aromatic N) is 2. The average Bonchev–Trinajstić information content (AvgIpc) is 2.14. The van der Waals surface area contributed by atoms with Crippen molar-refractivity contribution in [2.75, 3.05) is 24.2 Å². The summed E-state index contributed by atoms with van der Waals surface area (Å²) in [7, 11) is 1.93. The van der Waals surface area contributed by atoms with E-state index in [4.69, 9.17) is 10.8 Å². The summed E-state index contributed by atoms with van der Waals surface area (Å²) in [6.07, 6.45) is 0.450. The van der Waals surface area contributed by atoms with Crippen LogP contribution in [0.4, 0.5) is 11.6 Å². The predicted octanol–water partition coefficient (Wildman–Crippen LogP) is 0.871. The lowest BCUT2D eigenvalue weighted by molar-refractivity contribution is 0.187. The van der Waals surface area contributed by atoms with Crippen molar-refractivity contribution in [3.05, 3.63) is 18.2 Å². The maximum Gasteiger partial charge on any atom is 0.130 e. The zero-order valence-corrected chi connectivity index (χ0v) is 8.64. The average molecular weight is 195 g/mol. The monoisotopic (exact) mass is 195 g/mol. The molecule has 78 valence electrons. The van der Waals surface area contributed by atoms with Crippen LogP contribution in [0.1, 0.15) is 13.3 Å². The molecule has 1 atom stereocenters. The van der Waals surface area contributed by atoms with Gasteiger partial charge in [-0.2, -0.15) is 0 Å². The van der Waals surface area contributed by atoms with E-state index >= 15 is 0 Å². The second kappa shape index (κ2) is 4.81. The molecule has 1 heterocycles. The standard InChI is InChI=1S/C10H17N3O/c1-8(14)6-7-13(2)10-5-3-4-9(11)12-10/h3-5,8,14H,6-7H2,1-2H3,(H2,11,12). The van der Waals surface area contributed by atoms with E-state index in [9.17, 15) is 0 Å². The van der Waals surface area contributed by atoms with E-state index in [-0.39, 0.29) is 6.10 Å². The Labute approximate surface area is 84.4 Å². The first-order valence-electron chi connectivity index (χ1n) is 4.71. The van der Waals surface area contributed by atoms with Gasteiger partial charge in [-0.1, -0.05) is 6.07 Å². The zero-order chi connectivity index (χ0) is 10.6. The summed E-state index contributed by atoms with van der Waals surface area (Å²) < 4.78 is 0. The zero-order valence-electron chi connectivity index (χ0n) is 8.64. The van der Waals surface area contributed by atoms with E-state index in [0.717, 1.165) is 18.8 Å². The summed E-state index contributed by atoms with van der Waals surface area (Å²) in [4.78, 5) is 6.15. The van der Waals surface area contributed by atoms with Gasteiger partial charge in [0, 0.05) is 13.6 Å². The minimum absolute atomic E-state index is 0.279. The third-order valence-electron chi connectivity index (χ3n) is 2.03. The SMILES string of the molecule is CC(O)CCN(C)c1cccc(N)n1. The third kappa shape index (κ3) is 3.22. The first-order valence-corrected chi connectivity index (χ1v) is 4.71. The minimum atomic E-state index is -0.279. The molecule has 1 aromatic heterocycles. The fourth-order valence-corrected chi connectivity index (χ4v) is 1.15. The van der Waals surface area contributed by atoms with Crippen molar-refractivity contribution in [1.82, 2.24) is 4.98 Å². The molecule has 0 fully saturated rings. The van der Waals surface area contributed by atoms with Gasteiger partial charge >= 0.3 is 0 Å². The van der Waals surface area contributed by atoms with E-state index in [1.165, 1.54) is 0 Å². The van der Waals surface area contributed by atoms with E-state index < -0.39 is 0 Å². The van der Waals surface area contributed by atoms with Crippen molar-refractivity contribution < 1.29 is 5.11 Å². The van der Waals surface area contributed by atoms with E-state index in [1.807, 2.05) is 24.1 Å². The number of pyridine rings is 1. The van der Waals surface area contributed by atoms with Crippen LogP contribution in [0, 0.1) is 0 Å². The fraction of sp³-hybridized carbons (Fsp3) is 0.500. The smallest absolute Gasteiger partial charge is 0.130 e. The maximum atomic E-state index is 9.13. The highest BCUT2D eigenvalue weighted by Crippen LogP contribution is 2.11. The summed E-state index contributed by atoms with van der Waals surface area (Å²) in [5, 5.41) is 9.13. The van der Waals surface area contributed by atoms with Gasteiger partial charge in [-0.3, -0.25) is 0 Å². The molecule has 0 aromatic carbocycles. The van der Waals surface area contributed by atoms with Crippen molar-refractivity contribution in [2.24, 2.45) is 0 Å². The molecule has 0 aliphatic rings. The second-order valence-electron chi connectivity index (χ2n) is 3.48. The van der Waals surface area contributed by atoms with Crippen LogP contribution in [0.3, 0.4) is 0 Å². The first kappa shape index (κ1) is 10.8. The number of hydrogen-bond donors (Lipinski definition) is 2. The molecular formula is C10H17N3O. The number of hydrogen-bond acceptors (Lipinski definition) is 4. The lowest BCUT2D eigenvalue weighted by Gasteiger charge is -2.18. The van der Waals surface area contributed by atoms with E-state index in [2.05, 4.69) is 4.98 Å². The van der Waals surface area contributed by atoms with Crippen molar-refractivity contribution in [1.29, 1.82) is 0 Å². The molecule has 1 rings (SSSR count). The summed E-state index contributed by atoms with van der Waals surface area (Å²) >= 11 is 0. The maximum absolute atomic E-state index is 9.13. The molecule has 0 aliphatic heterocycles. The molecule has 4 nitrogen and oxygen atoms in total. The Morgan fingerprint density at radius 3 is 2.86 bits per heavy atom. The van der Waals surface area contributed by atoms with Crippen LogP contribution in [-0.4, -0.2) is 29.8 Å². The van der Waals surface area contributed by atoms with Crippen LogP contribution in [-0.2, 0) is 0 Å². The van der Waals surface area contributed by atoms with Crippen molar-refractivity contribution in [3.63, 3.8) is 0 Å². The molecule has 0 bridgehead atoms. The molecule has 4 heteroatoms. The normalized spacial score (nSPS) is 12.5. The number of aliphatic hydroxyl groups is 1. The van der Waals surface area contributed by atoms with Crippen molar-refractivity contribution in [3.8, 4) is 0 Å². The highest BCUT2D eigenvalue weighted by Gasteiger charge is 2.03. The molecule has 0 amide bonds. The molecule has 0 saturated carbocycles. The van der Waals surface area contributed by atoms with Gasteiger partial charge in [-0.25, -0.2) is 4.98 Å². The van der Waals surface area contributed by atoms with Gasteiger partial charge in [0.2, 0.25) is 0 Å². The highest BCUT2D eigenvalue weighted by atomic mass is 16.3. The largest absolute Gasteiger partial charge is 0.393 e. The number of aromatic nitrogens is 1. The quantitative estimate of drug-likeness (QED) is 0.748. The van der Waals surface area contributed by atoms with Crippen LogP contribution < -0.4 is 10.6 Å². The van der Waals surface area contributed by atoms with Crippen LogP contribution in [0.15, 0.2) is 18.2 Å². The molecule has 1 aromatic rings. The van der Waals surface area contributed by atoms with Crippen LogP contribution in [0.5, 0.6) is 0 Å². The summed E-state index contributed by atoms with van der Waals surface area (Å²) in [6.45, 7) is 2.55. The van der Waals surface area contributed by atoms with Crippen LogP contribution in [0.25, 0.3) is 0 Å². The third-order valence-corrected chi connectivity index (χ3v) is 2.03. The first-order chi connectivity index (χ1) is 6.59. The number of nitrogen functional groups attached to an aromatic ring is 1. The molecule has 0 aliphatic carbocycles. The molecule has 3 N–H and O–H groups in total. The molecule has 0 saturated heterocycles. The van der Waals surface area contributed by atoms with E-state index in [1.54, 1.807) is 13.0 Å². The van der Waals surface area contributed by atoms with Gasteiger partial charge in [-0.15, -0.1) is 0 Å².